The highest BCUT2D eigenvalue weighted by Gasteiger charge is 2.60. The minimum atomic E-state index is -0.279. The minimum absolute atomic E-state index is 0.279. The zero-order valence-electron chi connectivity index (χ0n) is 25.2. The second-order valence-electron chi connectivity index (χ2n) is 13.1. The molecule has 3 saturated carbocycles. The molecule has 3 nitrogen and oxygen atoms in total. The predicted octanol–water partition coefficient (Wildman–Crippen LogP) is 9.25. The van der Waals surface area contributed by atoms with Crippen LogP contribution in [0.25, 0.3) is 0 Å². The number of aliphatic hydroxyl groups is 1. The summed E-state index contributed by atoms with van der Waals surface area (Å²) in [5.41, 5.74) is 2.14. The van der Waals surface area contributed by atoms with E-state index in [1.54, 1.807) is 0 Å². The van der Waals surface area contributed by atoms with Gasteiger partial charge in [0.25, 0.3) is 0 Å². The van der Waals surface area contributed by atoms with Crippen molar-refractivity contribution >= 4 is 0 Å². The van der Waals surface area contributed by atoms with Gasteiger partial charge in [0.15, 0.2) is 0 Å². The maximum atomic E-state index is 11.5. The van der Waals surface area contributed by atoms with Gasteiger partial charge in [0.1, 0.15) is 0 Å². The van der Waals surface area contributed by atoms with Gasteiger partial charge in [0.05, 0.1) is 18.8 Å². The summed E-state index contributed by atoms with van der Waals surface area (Å²) >= 11 is 0. The van der Waals surface area contributed by atoms with Crippen molar-refractivity contribution in [1.82, 2.24) is 9.78 Å². The van der Waals surface area contributed by atoms with Crippen molar-refractivity contribution in [3.63, 3.8) is 0 Å². The van der Waals surface area contributed by atoms with E-state index in [9.17, 15) is 5.11 Å². The number of nitrogens with zero attached hydrogens (tertiary/aromatic N) is 2. The Hall–Kier alpha value is -0.830. The first-order chi connectivity index (χ1) is 17.3. The number of hydrogen-bond donors (Lipinski definition) is 1. The Morgan fingerprint density at radius 1 is 1.03 bits per heavy atom. The lowest BCUT2D eigenvalue weighted by molar-refractivity contribution is -0.113. The molecule has 0 radical (unpaired) electrons. The van der Waals surface area contributed by atoms with Crippen LogP contribution in [0, 0.1) is 40.4 Å². The van der Waals surface area contributed by atoms with E-state index in [-0.39, 0.29) is 6.10 Å². The summed E-state index contributed by atoms with van der Waals surface area (Å²) in [6.07, 6.45) is 20.1. The molecule has 0 spiro atoms. The molecule has 9 atom stereocenters. The van der Waals surface area contributed by atoms with Gasteiger partial charge in [-0.3, -0.25) is 4.68 Å². The molecule has 0 bridgehead atoms. The van der Waals surface area contributed by atoms with E-state index < -0.39 is 0 Å². The molecule has 208 valence electrons. The van der Waals surface area contributed by atoms with Gasteiger partial charge < -0.3 is 5.11 Å². The molecule has 1 N–H and O–H groups in total. The SMILES string of the molecule is CC.CCCCC1CCC2C(CCC3(C)C(C(O)Cn4cc(C(C)CC)cn4)CCC23)C1(C)CCC. The van der Waals surface area contributed by atoms with Gasteiger partial charge in [0.2, 0.25) is 0 Å². The smallest absolute Gasteiger partial charge is 0.0769 e. The molecule has 1 heterocycles. The molecular formula is C33H60N2O. The molecule has 1 aromatic rings. The topological polar surface area (TPSA) is 38.0 Å². The van der Waals surface area contributed by atoms with E-state index >= 15 is 0 Å². The summed E-state index contributed by atoms with van der Waals surface area (Å²) in [5, 5.41) is 16.1. The number of aliphatic hydroxyl groups excluding tert-OH is 1. The fourth-order valence-electron chi connectivity index (χ4n) is 9.35. The molecule has 3 aliphatic rings. The van der Waals surface area contributed by atoms with Gasteiger partial charge in [-0.15, -0.1) is 0 Å². The lowest BCUT2D eigenvalue weighted by atomic mass is 9.45. The second-order valence-corrected chi connectivity index (χ2v) is 13.1. The predicted molar refractivity (Wildman–Crippen MR) is 154 cm³/mol. The molecule has 4 rings (SSSR count). The van der Waals surface area contributed by atoms with Crippen LogP contribution in [0.4, 0.5) is 0 Å². The molecule has 0 amide bonds. The van der Waals surface area contributed by atoms with E-state index in [1.807, 2.05) is 24.7 Å². The Bertz CT molecular complexity index is 788. The first-order valence-corrected chi connectivity index (χ1v) is 16.0. The molecular weight excluding hydrogens is 440 g/mol. The third-order valence-electron chi connectivity index (χ3n) is 11.5. The molecule has 3 aliphatic carbocycles. The first kappa shape index (κ1) is 29.7. The molecule has 3 heteroatoms. The van der Waals surface area contributed by atoms with Crippen LogP contribution in [0.1, 0.15) is 144 Å². The van der Waals surface area contributed by atoms with Gasteiger partial charge in [-0.25, -0.2) is 0 Å². The van der Waals surface area contributed by atoms with E-state index in [1.165, 1.54) is 76.2 Å². The van der Waals surface area contributed by atoms with Crippen molar-refractivity contribution in [2.75, 3.05) is 0 Å². The Morgan fingerprint density at radius 2 is 1.78 bits per heavy atom. The molecule has 0 aliphatic heterocycles. The zero-order chi connectivity index (χ0) is 26.5. The highest BCUT2D eigenvalue weighted by molar-refractivity contribution is 5.11. The van der Waals surface area contributed by atoms with Crippen molar-refractivity contribution in [2.24, 2.45) is 40.4 Å². The maximum Gasteiger partial charge on any atom is 0.0769 e. The first-order valence-electron chi connectivity index (χ1n) is 16.0. The molecule has 1 aromatic heterocycles. The lowest BCUT2D eigenvalue weighted by Crippen LogP contribution is -2.53. The van der Waals surface area contributed by atoms with Crippen LogP contribution < -0.4 is 0 Å². The maximum absolute atomic E-state index is 11.5. The zero-order valence-corrected chi connectivity index (χ0v) is 25.2. The summed E-state index contributed by atoms with van der Waals surface area (Å²) < 4.78 is 2.02. The Balaban J connectivity index is 0.00000176. The highest BCUT2D eigenvalue weighted by Crippen LogP contribution is 2.67. The Labute approximate surface area is 224 Å². The summed E-state index contributed by atoms with van der Waals surface area (Å²) in [7, 11) is 0. The standard InChI is InChI=1S/C31H54N2O.C2H6/c1-7-10-11-24-12-13-25-26-14-15-28(29(34)21-33-20-23(19-32-33)22(4)9-3)31(26,6)18-16-27(25)30(24,5)17-8-2;1-2/h19-20,22,24-29,34H,7-18,21H2,1-6H3;1-2H3. The lowest BCUT2D eigenvalue weighted by Gasteiger charge is -2.59. The monoisotopic (exact) mass is 500 g/mol. The highest BCUT2D eigenvalue weighted by atomic mass is 16.3. The van der Waals surface area contributed by atoms with E-state index in [0.29, 0.717) is 29.2 Å². The summed E-state index contributed by atoms with van der Waals surface area (Å²) in [4.78, 5) is 0. The molecule has 9 unspecified atom stereocenters. The van der Waals surface area contributed by atoms with Crippen molar-refractivity contribution in [1.29, 1.82) is 0 Å². The quantitative estimate of drug-likeness (QED) is 0.347. The molecule has 36 heavy (non-hydrogen) atoms. The number of aromatic nitrogens is 2. The third-order valence-corrected chi connectivity index (χ3v) is 11.5. The molecule has 3 fully saturated rings. The van der Waals surface area contributed by atoms with Gasteiger partial charge in [-0.1, -0.05) is 74.7 Å². The average Bonchev–Trinajstić information content (AvgIpc) is 3.48. The number of rotatable bonds is 10. The van der Waals surface area contributed by atoms with Crippen LogP contribution in [-0.2, 0) is 6.54 Å². The van der Waals surface area contributed by atoms with Crippen LogP contribution in [0.3, 0.4) is 0 Å². The van der Waals surface area contributed by atoms with Crippen molar-refractivity contribution in [2.45, 2.75) is 151 Å². The molecule has 0 aromatic carbocycles. The van der Waals surface area contributed by atoms with Gasteiger partial charge in [-0.2, -0.15) is 5.10 Å². The Morgan fingerprint density at radius 3 is 2.44 bits per heavy atom. The minimum Gasteiger partial charge on any atom is -0.391 e. The Kier molecular flexibility index (Phi) is 10.6. The average molecular weight is 501 g/mol. The van der Waals surface area contributed by atoms with E-state index in [0.717, 1.165) is 30.1 Å². The summed E-state index contributed by atoms with van der Waals surface area (Å²) in [6.45, 7) is 19.2. The third kappa shape index (κ3) is 5.62. The van der Waals surface area contributed by atoms with Crippen LogP contribution in [0.15, 0.2) is 12.4 Å². The van der Waals surface area contributed by atoms with Crippen LogP contribution in [0.2, 0.25) is 0 Å². The van der Waals surface area contributed by atoms with Crippen molar-refractivity contribution in [3.8, 4) is 0 Å². The van der Waals surface area contributed by atoms with E-state index in [2.05, 4.69) is 52.8 Å². The largest absolute Gasteiger partial charge is 0.391 e. The fourth-order valence-corrected chi connectivity index (χ4v) is 9.35. The number of fused-ring (bicyclic) bond motifs is 3. The number of hydrogen-bond acceptors (Lipinski definition) is 2. The van der Waals surface area contributed by atoms with E-state index in [4.69, 9.17) is 0 Å². The van der Waals surface area contributed by atoms with Gasteiger partial charge in [-0.05, 0) is 110 Å². The van der Waals surface area contributed by atoms with Crippen LogP contribution >= 0.6 is 0 Å². The normalized spacial score (nSPS) is 37.4. The van der Waals surface area contributed by atoms with Crippen molar-refractivity contribution in [3.05, 3.63) is 18.0 Å². The fraction of sp³-hybridized carbons (Fsp3) is 0.909. The van der Waals surface area contributed by atoms with Crippen LogP contribution in [0.5, 0.6) is 0 Å². The van der Waals surface area contributed by atoms with Crippen LogP contribution in [-0.4, -0.2) is 21.0 Å². The number of unbranched alkanes of at least 4 members (excludes halogenated alkanes) is 1. The van der Waals surface area contributed by atoms with Crippen molar-refractivity contribution < 1.29 is 5.11 Å². The summed E-state index contributed by atoms with van der Waals surface area (Å²) in [5.74, 6) is 4.49. The van der Waals surface area contributed by atoms with Gasteiger partial charge in [0, 0.05) is 6.20 Å². The molecule has 0 saturated heterocycles. The van der Waals surface area contributed by atoms with Gasteiger partial charge >= 0.3 is 0 Å². The summed E-state index contributed by atoms with van der Waals surface area (Å²) in [6, 6.07) is 0. The second kappa shape index (κ2) is 12.8.